The van der Waals surface area contributed by atoms with Gasteiger partial charge in [-0.2, -0.15) is 23.3 Å². The summed E-state index contributed by atoms with van der Waals surface area (Å²) in [6, 6.07) is 8.74. The maximum absolute atomic E-state index is 13.6. The zero-order chi connectivity index (χ0) is 24.0. The third kappa shape index (κ3) is 4.79. The first-order valence-corrected chi connectivity index (χ1v) is 10.7. The van der Waals surface area contributed by atoms with Gasteiger partial charge in [-0.15, -0.1) is 0 Å². The van der Waals surface area contributed by atoms with Crippen LogP contribution in [0, 0.1) is 6.92 Å². The molecule has 1 fully saturated rings. The highest BCUT2D eigenvalue weighted by atomic mass is 19.4. The molecule has 0 radical (unpaired) electrons. The zero-order valence-corrected chi connectivity index (χ0v) is 18.9. The van der Waals surface area contributed by atoms with Crippen molar-refractivity contribution in [2.24, 2.45) is 0 Å². The molecule has 0 spiro atoms. The summed E-state index contributed by atoms with van der Waals surface area (Å²) >= 11 is 0. The summed E-state index contributed by atoms with van der Waals surface area (Å²) in [5, 5.41) is 8.08. The van der Waals surface area contributed by atoms with Crippen molar-refractivity contribution in [2.45, 2.75) is 70.7 Å². The van der Waals surface area contributed by atoms with E-state index in [9.17, 15) is 18.0 Å². The van der Waals surface area contributed by atoms with Crippen molar-refractivity contribution < 1.29 is 27.2 Å². The van der Waals surface area contributed by atoms with E-state index in [0.717, 1.165) is 34.7 Å². The van der Waals surface area contributed by atoms with Crippen LogP contribution in [0.1, 0.15) is 62.7 Å². The van der Waals surface area contributed by atoms with E-state index in [4.69, 9.17) is 9.26 Å². The molecule has 33 heavy (non-hydrogen) atoms. The molecule has 2 aromatic heterocycles. The number of ether oxygens (including phenoxy) is 1. The van der Waals surface area contributed by atoms with E-state index in [2.05, 4.69) is 15.2 Å². The van der Waals surface area contributed by atoms with Gasteiger partial charge < -0.3 is 9.26 Å². The average molecular weight is 462 g/mol. The lowest BCUT2D eigenvalue weighted by Gasteiger charge is -2.19. The van der Waals surface area contributed by atoms with Crippen molar-refractivity contribution in [2.75, 3.05) is 0 Å². The van der Waals surface area contributed by atoms with E-state index in [0.29, 0.717) is 5.82 Å². The molecule has 0 unspecified atom stereocenters. The minimum Gasteiger partial charge on any atom is -0.460 e. The molecule has 0 saturated heterocycles. The Morgan fingerprint density at radius 3 is 2.52 bits per heavy atom. The smallest absolute Gasteiger partial charge is 0.433 e. The van der Waals surface area contributed by atoms with Crippen LogP contribution in [0.4, 0.5) is 13.2 Å². The third-order valence-electron chi connectivity index (χ3n) is 5.50. The fraction of sp³-hybridized carbons (Fsp3) is 0.478. The minimum absolute atomic E-state index is 0.0913. The van der Waals surface area contributed by atoms with Crippen LogP contribution in [0.3, 0.4) is 0 Å². The molecule has 0 aliphatic heterocycles. The Bertz CT molecular complexity index is 1170. The van der Waals surface area contributed by atoms with E-state index < -0.39 is 23.4 Å². The molecule has 3 aromatic rings. The number of halogens is 3. The molecule has 0 atom stereocenters. The SMILES string of the molecule is Cc1ccccc1C1(c2noc(-c3cc(C(F)(F)F)n(CCC(=O)OC(C)(C)C)n3)n2)CC1. The van der Waals surface area contributed by atoms with Gasteiger partial charge in [0.15, 0.2) is 11.5 Å². The predicted molar refractivity (Wildman–Crippen MR) is 112 cm³/mol. The molecule has 176 valence electrons. The molecule has 0 amide bonds. The first-order valence-electron chi connectivity index (χ1n) is 10.7. The summed E-state index contributed by atoms with van der Waals surface area (Å²) in [5.74, 6) is -0.267. The molecule has 2 heterocycles. The summed E-state index contributed by atoms with van der Waals surface area (Å²) in [4.78, 5) is 16.4. The Hall–Kier alpha value is -3.17. The standard InChI is InChI=1S/C23H25F3N4O3/c1-14-7-5-6-8-15(14)22(10-11-22)20-27-19(33-29-20)16-13-17(23(24,25)26)30(28-16)12-9-18(31)32-21(2,3)4/h5-8,13H,9-12H2,1-4H3. The van der Waals surface area contributed by atoms with Crippen LogP contribution in [0.15, 0.2) is 34.9 Å². The molecule has 1 aromatic carbocycles. The van der Waals surface area contributed by atoms with Crippen molar-refractivity contribution in [1.82, 2.24) is 19.9 Å². The number of carbonyl (C=O) groups is 1. The Morgan fingerprint density at radius 2 is 1.91 bits per heavy atom. The summed E-state index contributed by atoms with van der Waals surface area (Å²) in [5.41, 5.74) is -0.0378. The van der Waals surface area contributed by atoms with Gasteiger partial charge in [-0.25, -0.2) is 0 Å². The topological polar surface area (TPSA) is 83.0 Å². The number of carbonyl (C=O) groups excluding carboxylic acids is 1. The molecule has 0 bridgehead atoms. The highest BCUT2D eigenvalue weighted by Crippen LogP contribution is 2.53. The Labute approximate surface area is 188 Å². The van der Waals surface area contributed by atoms with Crippen molar-refractivity contribution in [3.8, 4) is 11.6 Å². The van der Waals surface area contributed by atoms with Gasteiger partial charge in [0, 0.05) is 6.07 Å². The fourth-order valence-electron chi connectivity index (χ4n) is 3.88. The van der Waals surface area contributed by atoms with Crippen LogP contribution in [0.2, 0.25) is 0 Å². The largest absolute Gasteiger partial charge is 0.460 e. The second-order valence-corrected chi connectivity index (χ2v) is 9.29. The summed E-state index contributed by atoms with van der Waals surface area (Å²) < 4.78 is 52.0. The van der Waals surface area contributed by atoms with Crippen LogP contribution in [-0.2, 0) is 27.7 Å². The van der Waals surface area contributed by atoms with E-state index in [1.165, 1.54) is 0 Å². The predicted octanol–water partition coefficient (Wildman–Crippen LogP) is 5.07. The number of benzene rings is 1. The Kier molecular flexibility index (Phi) is 5.58. The lowest BCUT2D eigenvalue weighted by atomic mass is 9.91. The number of esters is 1. The fourth-order valence-corrected chi connectivity index (χ4v) is 3.88. The maximum atomic E-state index is 13.6. The monoisotopic (exact) mass is 462 g/mol. The lowest BCUT2D eigenvalue weighted by molar-refractivity contribution is -0.156. The van der Waals surface area contributed by atoms with Crippen molar-refractivity contribution >= 4 is 5.97 Å². The average Bonchev–Trinajstić information content (AvgIpc) is 3.15. The quantitative estimate of drug-likeness (QED) is 0.476. The van der Waals surface area contributed by atoms with Gasteiger partial charge >= 0.3 is 12.1 Å². The van der Waals surface area contributed by atoms with Crippen LogP contribution >= 0.6 is 0 Å². The number of alkyl halides is 3. The van der Waals surface area contributed by atoms with Crippen LogP contribution in [0.25, 0.3) is 11.6 Å². The summed E-state index contributed by atoms with van der Waals surface area (Å²) in [7, 11) is 0. The highest BCUT2D eigenvalue weighted by molar-refractivity contribution is 5.69. The van der Waals surface area contributed by atoms with Crippen LogP contribution in [-0.4, -0.2) is 31.5 Å². The number of nitrogens with zero attached hydrogens (tertiary/aromatic N) is 4. The lowest BCUT2D eigenvalue weighted by Crippen LogP contribution is -2.25. The number of hydrogen-bond acceptors (Lipinski definition) is 6. The van der Waals surface area contributed by atoms with Crippen molar-refractivity contribution in [3.05, 3.63) is 53.0 Å². The highest BCUT2D eigenvalue weighted by Gasteiger charge is 2.51. The Balaban J connectivity index is 1.60. The molecule has 1 aliphatic carbocycles. The molecule has 1 saturated carbocycles. The Morgan fingerprint density at radius 1 is 1.21 bits per heavy atom. The molecular formula is C23H25F3N4O3. The summed E-state index contributed by atoms with van der Waals surface area (Å²) in [6.45, 7) is 6.77. The normalized spacial score (nSPS) is 15.5. The summed E-state index contributed by atoms with van der Waals surface area (Å²) in [6.07, 6.45) is -3.27. The van der Waals surface area contributed by atoms with Gasteiger partial charge in [0.1, 0.15) is 11.3 Å². The number of hydrogen-bond donors (Lipinski definition) is 0. The molecule has 0 N–H and O–H groups in total. The third-order valence-corrected chi connectivity index (χ3v) is 5.50. The second-order valence-electron chi connectivity index (χ2n) is 9.29. The maximum Gasteiger partial charge on any atom is 0.433 e. The van der Waals surface area contributed by atoms with Crippen molar-refractivity contribution in [1.29, 1.82) is 0 Å². The van der Waals surface area contributed by atoms with Crippen LogP contribution in [0.5, 0.6) is 0 Å². The molecule has 7 nitrogen and oxygen atoms in total. The van der Waals surface area contributed by atoms with Gasteiger partial charge in [-0.05, 0) is 51.7 Å². The first-order chi connectivity index (χ1) is 15.4. The van der Waals surface area contributed by atoms with Gasteiger partial charge in [0.25, 0.3) is 5.89 Å². The second kappa shape index (κ2) is 8.00. The van der Waals surface area contributed by atoms with Gasteiger partial charge in [0.2, 0.25) is 0 Å². The van der Waals surface area contributed by atoms with E-state index >= 15 is 0 Å². The molecule has 1 aliphatic rings. The molecule has 4 rings (SSSR count). The molecule has 10 heteroatoms. The zero-order valence-electron chi connectivity index (χ0n) is 18.9. The van der Waals surface area contributed by atoms with E-state index in [-0.39, 0.29) is 30.0 Å². The molecular weight excluding hydrogens is 437 g/mol. The van der Waals surface area contributed by atoms with Crippen molar-refractivity contribution in [3.63, 3.8) is 0 Å². The van der Waals surface area contributed by atoms with E-state index in [1.807, 2.05) is 31.2 Å². The van der Waals surface area contributed by atoms with Gasteiger partial charge in [-0.3, -0.25) is 9.48 Å². The van der Waals surface area contributed by atoms with Gasteiger partial charge in [0.05, 0.1) is 18.4 Å². The minimum atomic E-state index is -4.67. The number of rotatable bonds is 6. The number of aromatic nitrogens is 4. The van der Waals surface area contributed by atoms with Gasteiger partial charge in [-0.1, -0.05) is 29.4 Å². The number of aryl methyl sites for hydroxylation is 2. The van der Waals surface area contributed by atoms with Crippen LogP contribution < -0.4 is 0 Å². The first kappa shape index (κ1) is 23.0. The van der Waals surface area contributed by atoms with E-state index in [1.54, 1.807) is 20.8 Å².